The third-order valence-electron chi connectivity index (χ3n) is 6.70. The standard InChI is InChI=1S/C25H23N3O4/c1-25(2)19-12-16(32-15-7-9-28(10-8-15)24(30)31)4-6-17(19)22(29)21-18-5-3-14(13-26)11-20(18)27-23(21)25/h3-6,11-12,15,27H,7-10H2,1-2H3,(H,30,31). The van der Waals surface area contributed by atoms with Gasteiger partial charge in [0.2, 0.25) is 0 Å². The third-order valence-corrected chi connectivity index (χ3v) is 6.70. The van der Waals surface area contributed by atoms with E-state index < -0.39 is 11.5 Å². The number of likely N-dealkylation sites (tertiary alicyclic amines) is 1. The number of carbonyl (C=O) groups is 2. The number of piperidine rings is 1. The minimum atomic E-state index is -0.895. The number of aromatic nitrogens is 1. The molecule has 0 unspecified atom stereocenters. The van der Waals surface area contributed by atoms with Gasteiger partial charge in [-0.1, -0.05) is 19.9 Å². The number of ether oxygens (including phenoxy) is 1. The van der Waals surface area contributed by atoms with Crippen molar-refractivity contribution in [1.29, 1.82) is 5.26 Å². The molecule has 0 bridgehead atoms. The van der Waals surface area contributed by atoms with Gasteiger partial charge in [-0.2, -0.15) is 5.26 Å². The fourth-order valence-corrected chi connectivity index (χ4v) is 4.91. The Labute approximate surface area is 185 Å². The molecule has 2 N–H and O–H groups in total. The van der Waals surface area contributed by atoms with Crippen LogP contribution >= 0.6 is 0 Å². The van der Waals surface area contributed by atoms with E-state index in [4.69, 9.17) is 9.84 Å². The lowest BCUT2D eigenvalue weighted by Gasteiger charge is -2.33. The lowest BCUT2D eigenvalue weighted by Crippen LogP contribution is -2.41. The molecule has 7 nitrogen and oxygen atoms in total. The number of carbonyl (C=O) groups excluding carboxylic acids is 1. The predicted molar refractivity (Wildman–Crippen MR) is 118 cm³/mol. The normalized spacial score (nSPS) is 17.5. The molecule has 0 atom stereocenters. The second-order valence-electron chi connectivity index (χ2n) is 9.00. The first-order chi connectivity index (χ1) is 15.3. The van der Waals surface area contributed by atoms with Crippen LogP contribution in [0.3, 0.4) is 0 Å². The first kappa shape index (κ1) is 20.1. The summed E-state index contributed by atoms with van der Waals surface area (Å²) in [7, 11) is 0. The average Bonchev–Trinajstić information content (AvgIpc) is 3.18. The number of nitriles is 1. The first-order valence-electron chi connectivity index (χ1n) is 10.7. The van der Waals surface area contributed by atoms with Gasteiger partial charge >= 0.3 is 6.09 Å². The highest BCUT2D eigenvalue weighted by atomic mass is 16.5. The van der Waals surface area contributed by atoms with Gasteiger partial charge in [-0.3, -0.25) is 4.79 Å². The minimum Gasteiger partial charge on any atom is -0.490 e. The van der Waals surface area contributed by atoms with Crippen LogP contribution in [0.15, 0.2) is 36.4 Å². The lowest BCUT2D eigenvalue weighted by molar-refractivity contribution is 0.0894. The largest absolute Gasteiger partial charge is 0.490 e. The van der Waals surface area contributed by atoms with E-state index in [0.29, 0.717) is 48.4 Å². The Morgan fingerprint density at radius 2 is 1.97 bits per heavy atom. The van der Waals surface area contributed by atoms with Crippen LogP contribution in [0.25, 0.3) is 10.9 Å². The number of fused-ring (bicyclic) bond motifs is 4. The molecule has 1 amide bonds. The highest BCUT2D eigenvalue weighted by Crippen LogP contribution is 2.44. The number of H-pyrrole nitrogens is 1. The van der Waals surface area contributed by atoms with Crippen molar-refractivity contribution in [2.75, 3.05) is 13.1 Å². The molecule has 1 aromatic heterocycles. The van der Waals surface area contributed by atoms with Crippen LogP contribution in [0.2, 0.25) is 0 Å². The summed E-state index contributed by atoms with van der Waals surface area (Å²) >= 11 is 0. The first-order valence-corrected chi connectivity index (χ1v) is 10.7. The van der Waals surface area contributed by atoms with Crippen LogP contribution in [-0.2, 0) is 5.41 Å². The monoisotopic (exact) mass is 429 g/mol. The van der Waals surface area contributed by atoms with Crippen molar-refractivity contribution in [3.63, 3.8) is 0 Å². The van der Waals surface area contributed by atoms with Crippen LogP contribution in [0.1, 0.15) is 59.4 Å². The molecule has 0 spiro atoms. The van der Waals surface area contributed by atoms with E-state index in [-0.39, 0.29) is 11.9 Å². The molecular formula is C25H23N3O4. The summed E-state index contributed by atoms with van der Waals surface area (Å²) in [6.07, 6.45) is 0.325. The third kappa shape index (κ3) is 3.02. The lowest BCUT2D eigenvalue weighted by atomic mass is 9.71. The van der Waals surface area contributed by atoms with Crippen molar-refractivity contribution in [2.24, 2.45) is 0 Å². The van der Waals surface area contributed by atoms with Gasteiger partial charge in [0.15, 0.2) is 5.78 Å². The van der Waals surface area contributed by atoms with E-state index in [0.717, 1.165) is 22.2 Å². The Kier molecular flexibility index (Phi) is 4.48. The van der Waals surface area contributed by atoms with Crippen LogP contribution in [-0.4, -0.2) is 46.1 Å². The quantitative estimate of drug-likeness (QED) is 0.627. The number of benzene rings is 2. The van der Waals surface area contributed by atoms with Crippen LogP contribution in [0.5, 0.6) is 5.75 Å². The molecule has 2 aromatic carbocycles. The van der Waals surface area contributed by atoms with E-state index in [1.807, 2.05) is 24.3 Å². The van der Waals surface area contributed by atoms with Crippen LogP contribution < -0.4 is 4.74 Å². The van der Waals surface area contributed by atoms with E-state index in [2.05, 4.69) is 24.9 Å². The molecule has 162 valence electrons. The molecule has 1 saturated heterocycles. The van der Waals surface area contributed by atoms with Gasteiger partial charge in [0.1, 0.15) is 11.9 Å². The highest BCUT2D eigenvalue weighted by Gasteiger charge is 2.40. The molecule has 32 heavy (non-hydrogen) atoms. The predicted octanol–water partition coefficient (Wildman–Crippen LogP) is 4.43. The number of nitrogens with zero attached hydrogens (tertiary/aromatic N) is 2. The van der Waals surface area contributed by atoms with Crippen molar-refractivity contribution in [1.82, 2.24) is 9.88 Å². The van der Waals surface area contributed by atoms with Gasteiger partial charge in [0, 0.05) is 53.5 Å². The molecular weight excluding hydrogens is 406 g/mol. The molecule has 7 heteroatoms. The maximum Gasteiger partial charge on any atom is 0.407 e. The van der Waals surface area contributed by atoms with Crippen molar-refractivity contribution < 1.29 is 19.4 Å². The van der Waals surface area contributed by atoms with Gasteiger partial charge in [-0.15, -0.1) is 0 Å². The van der Waals surface area contributed by atoms with Gasteiger partial charge in [0.25, 0.3) is 0 Å². The molecule has 2 heterocycles. The molecule has 2 aliphatic rings. The summed E-state index contributed by atoms with van der Waals surface area (Å²) in [5, 5.41) is 19.2. The van der Waals surface area contributed by atoms with Gasteiger partial charge in [-0.25, -0.2) is 4.79 Å². The van der Waals surface area contributed by atoms with Gasteiger partial charge in [-0.05, 0) is 35.9 Å². The summed E-state index contributed by atoms with van der Waals surface area (Å²) in [5.41, 5.74) is 3.91. The molecule has 3 aromatic rings. The average molecular weight is 429 g/mol. The van der Waals surface area contributed by atoms with Gasteiger partial charge in [0.05, 0.1) is 17.2 Å². The Bertz CT molecular complexity index is 1310. The highest BCUT2D eigenvalue weighted by molar-refractivity contribution is 6.20. The Morgan fingerprint density at radius 3 is 2.66 bits per heavy atom. The van der Waals surface area contributed by atoms with E-state index >= 15 is 0 Å². The van der Waals surface area contributed by atoms with Crippen molar-refractivity contribution in [3.8, 4) is 11.8 Å². The molecule has 5 rings (SSSR count). The number of amides is 1. The van der Waals surface area contributed by atoms with Crippen LogP contribution in [0, 0.1) is 11.3 Å². The second kappa shape index (κ2) is 7.13. The molecule has 0 saturated carbocycles. The molecule has 0 radical (unpaired) electrons. The van der Waals surface area contributed by atoms with E-state index in [1.165, 1.54) is 4.90 Å². The molecule has 1 aliphatic carbocycles. The fourth-order valence-electron chi connectivity index (χ4n) is 4.91. The number of nitrogens with one attached hydrogen (secondary N) is 1. The van der Waals surface area contributed by atoms with Crippen LogP contribution in [0.4, 0.5) is 4.79 Å². The van der Waals surface area contributed by atoms with Crippen molar-refractivity contribution in [2.45, 2.75) is 38.2 Å². The number of rotatable bonds is 2. The van der Waals surface area contributed by atoms with Crippen molar-refractivity contribution in [3.05, 3.63) is 64.3 Å². The molecule has 1 fully saturated rings. The summed E-state index contributed by atoms with van der Waals surface area (Å²) < 4.78 is 6.18. The van der Waals surface area contributed by atoms with Crippen molar-refractivity contribution >= 4 is 22.8 Å². The zero-order valence-corrected chi connectivity index (χ0v) is 17.9. The van der Waals surface area contributed by atoms with E-state index in [9.17, 15) is 14.9 Å². The van der Waals surface area contributed by atoms with E-state index in [1.54, 1.807) is 12.1 Å². The maximum atomic E-state index is 13.4. The maximum absolute atomic E-state index is 13.4. The zero-order valence-electron chi connectivity index (χ0n) is 17.9. The Morgan fingerprint density at radius 1 is 1.22 bits per heavy atom. The van der Waals surface area contributed by atoms with Gasteiger partial charge < -0.3 is 19.7 Å². The summed E-state index contributed by atoms with van der Waals surface area (Å²) in [6, 6.07) is 13.1. The summed E-state index contributed by atoms with van der Waals surface area (Å²) in [6.45, 7) is 5.07. The zero-order chi connectivity index (χ0) is 22.6. The molecule has 1 aliphatic heterocycles. The number of aromatic amines is 1. The number of hydrogen-bond acceptors (Lipinski definition) is 4. The number of ketones is 1. The Balaban J connectivity index is 1.49. The second-order valence-corrected chi connectivity index (χ2v) is 9.00. The Hall–Kier alpha value is -3.79. The minimum absolute atomic E-state index is 0.0356. The number of hydrogen-bond donors (Lipinski definition) is 2. The topological polar surface area (TPSA) is 106 Å². The summed E-state index contributed by atoms with van der Waals surface area (Å²) in [4.78, 5) is 29.4. The summed E-state index contributed by atoms with van der Waals surface area (Å²) in [5.74, 6) is 0.649. The fraction of sp³-hybridized carbons (Fsp3) is 0.320. The smallest absolute Gasteiger partial charge is 0.407 e. The number of carboxylic acid groups (broad SMARTS) is 1. The SMILES string of the molecule is CC1(C)c2cc(OC3CCN(C(=O)O)CC3)ccc2C(=O)c2c1[nH]c1cc(C#N)ccc21.